The van der Waals surface area contributed by atoms with Crippen LogP contribution in [0.25, 0.3) is 10.4 Å². The highest BCUT2D eigenvalue weighted by molar-refractivity contribution is 7.13. The molecular weight excluding hydrogens is 404 g/mol. The molecular formula is C25H29N4OS. The molecule has 1 aliphatic rings. The number of piperidine rings is 1. The van der Waals surface area contributed by atoms with Crippen LogP contribution < -0.4 is 16.0 Å². The van der Waals surface area contributed by atoms with Gasteiger partial charge in [0.1, 0.15) is 5.82 Å². The number of thiophene rings is 1. The van der Waals surface area contributed by atoms with Gasteiger partial charge in [0.2, 0.25) is 0 Å². The van der Waals surface area contributed by atoms with Gasteiger partial charge in [0.05, 0.1) is 16.9 Å². The van der Waals surface area contributed by atoms with Gasteiger partial charge in [-0.3, -0.25) is 4.79 Å². The number of hydrogen-bond donors (Lipinski definition) is 2. The smallest absolute Gasteiger partial charge is 0.257 e. The SMILES string of the molecule is CCC1(CC)C[CH]CCN1c1ccc(C(=O)Nc2cc(-c3cccs3)ccc2N)cn1. The Balaban J connectivity index is 1.52. The van der Waals surface area contributed by atoms with E-state index in [1.165, 1.54) is 0 Å². The quantitative estimate of drug-likeness (QED) is 0.467. The molecule has 0 bridgehead atoms. The highest BCUT2D eigenvalue weighted by Crippen LogP contribution is 2.36. The van der Waals surface area contributed by atoms with Gasteiger partial charge in [-0.1, -0.05) is 26.0 Å². The van der Waals surface area contributed by atoms with E-state index in [9.17, 15) is 4.79 Å². The topological polar surface area (TPSA) is 71.2 Å². The molecule has 0 spiro atoms. The molecule has 0 unspecified atom stereocenters. The van der Waals surface area contributed by atoms with E-state index in [1.807, 2.05) is 41.8 Å². The van der Waals surface area contributed by atoms with Crippen molar-refractivity contribution in [2.45, 2.75) is 45.1 Å². The third kappa shape index (κ3) is 4.30. The summed E-state index contributed by atoms with van der Waals surface area (Å²) in [5.41, 5.74) is 8.94. The van der Waals surface area contributed by atoms with Crippen molar-refractivity contribution in [3.63, 3.8) is 0 Å². The van der Waals surface area contributed by atoms with Crippen LogP contribution >= 0.6 is 11.3 Å². The lowest BCUT2D eigenvalue weighted by molar-refractivity contribution is 0.102. The van der Waals surface area contributed by atoms with Crippen LogP contribution in [-0.4, -0.2) is 23.0 Å². The first kappa shape index (κ1) is 21.4. The highest BCUT2D eigenvalue weighted by atomic mass is 32.1. The zero-order valence-corrected chi connectivity index (χ0v) is 18.9. The van der Waals surface area contributed by atoms with Gasteiger partial charge >= 0.3 is 0 Å². The number of carbonyl (C=O) groups is 1. The number of nitrogens with zero attached hydrogens (tertiary/aromatic N) is 2. The summed E-state index contributed by atoms with van der Waals surface area (Å²) in [6, 6.07) is 13.6. The van der Waals surface area contributed by atoms with Crippen molar-refractivity contribution >= 4 is 34.4 Å². The van der Waals surface area contributed by atoms with Crippen molar-refractivity contribution in [1.29, 1.82) is 0 Å². The summed E-state index contributed by atoms with van der Waals surface area (Å²) in [5.74, 6) is 0.728. The Morgan fingerprint density at radius 1 is 1.23 bits per heavy atom. The summed E-state index contributed by atoms with van der Waals surface area (Å²) in [7, 11) is 0. The van der Waals surface area contributed by atoms with Crippen molar-refractivity contribution in [2.75, 3.05) is 22.5 Å². The molecule has 31 heavy (non-hydrogen) atoms. The Morgan fingerprint density at radius 2 is 2.06 bits per heavy atom. The second-order valence-corrected chi connectivity index (χ2v) is 8.95. The fourth-order valence-corrected chi connectivity index (χ4v) is 5.08. The average Bonchev–Trinajstić information content (AvgIpc) is 3.35. The van der Waals surface area contributed by atoms with Gasteiger partial charge in [0.15, 0.2) is 0 Å². The van der Waals surface area contributed by atoms with Gasteiger partial charge in [-0.25, -0.2) is 4.98 Å². The minimum absolute atomic E-state index is 0.117. The predicted octanol–water partition coefficient (Wildman–Crippen LogP) is 6.01. The number of hydrogen-bond acceptors (Lipinski definition) is 5. The third-order valence-corrected chi connectivity index (χ3v) is 7.28. The molecule has 5 nitrogen and oxygen atoms in total. The second kappa shape index (κ2) is 9.10. The maximum Gasteiger partial charge on any atom is 0.257 e. The zero-order chi connectivity index (χ0) is 21.8. The minimum Gasteiger partial charge on any atom is -0.397 e. The van der Waals surface area contributed by atoms with Crippen LogP contribution in [0.3, 0.4) is 0 Å². The van der Waals surface area contributed by atoms with Gasteiger partial charge in [0, 0.05) is 23.2 Å². The van der Waals surface area contributed by atoms with E-state index in [2.05, 4.69) is 41.5 Å². The highest BCUT2D eigenvalue weighted by Gasteiger charge is 2.36. The molecule has 0 saturated carbocycles. The Kier molecular flexibility index (Phi) is 6.28. The third-order valence-electron chi connectivity index (χ3n) is 6.36. The predicted molar refractivity (Wildman–Crippen MR) is 131 cm³/mol. The minimum atomic E-state index is -0.210. The number of carbonyl (C=O) groups excluding carboxylic acids is 1. The summed E-state index contributed by atoms with van der Waals surface area (Å²) < 4.78 is 0. The Labute approximate surface area is 188 Å². The summed E-state index contributed by atoms with van der Waals surface area (Å²) in [5, 5.41) is 4.98. The van der Waals surface area contributed by atoms with Crippen LogP contribution in [0.1, 0.15) is 49.9 Å². The van der Waals surface area contributed by atoms with Crippen LogP contribution in [0.4, 0.5) is 17.2 Å². The van der Waals surface area contributed by atoms with Gasteiger partial charge in [-0.2, -0.15) is 0 Å². The number of amides is 1. The lowest BCUT2D eigenvalue weighted by Crippen LogP contribution is -2.52. The molecule has 1 saturated heterocycles. The first-order valence-electron chi connectivity index (χ1n) is 10.9. The summed E-state index contributed by atoms with van der Waals surface area (Å²) >= 11 is 1.65. The van der Waals surface area contributed by atoms with E-state index in [4.69, 9.17) is 5.73 Å². The van der Waals surface area contributed by atoms with E-state index in [0.29, 0.717) is 16.9 Å². The number of rotatable bonds is 6. The molecule has 3 aromatic rings. The van der Waals surface area contributed by atoms with Crippen molar-refractivity contribution in [1.82, 2.24) is 4.98 Å². The monoisotopic (exact) mass is 433 g/mol. The maximum atomic E-state index is 12.9. The van der Waals surface area contributed by atoms with Gasteiger partial charge < -0.3 is 16.0 Å². The van der Waals surface area contributed by atoms with Crippen molar-refractivity contribution in [2.24, 2.45) is 0 Å². The van der Waals surface area contributed by atoms with E-state index in [-0.39, 0.29) is 11.4 Å². The molecule has 1 radical (unpaired) electrons. The lowest BCUT2D eigenvalue weighted by Gasteiger charge is -2.47. The van der Waals surface area contributed by atoms with Crippen molar-refractivity contribution in [3.05, 3.63) is 66.0 Å². The normalized spacial score (nSPS) is 15.6. The number of nitrogen functional groups attached to an aromatic ring is 1. The fraction of sp³-hybridized carbons (Fsp3) is 0.320. The number of anilines is 3. The largest absolute Gasteiger partial charge is 0.397 e. The number of benzene rings is 1. The van der Waals surface area contributed by atoms with Crippen LogP contribution in [0.5, 0.6) is 0 Å². The molecule has 0 atom stereocenters. The Morgan fingerprint density at radius 3 is 2.74 bits per heavy atom. The molecule has 3 N–H and O–H groups in total. The second-order valence-electron chi connectivity index (χ2n) is 8.00. The molecule has 0 aliphatic carbocycles. The molecule has 1 aromatic carbocycles. The molecule has 2 aromatic heterocycles. The van der Waals surface area contributed by atoms with Crippen LogP contribution in [0.2, 0.25) is 0 Å². The van der Waals surface area contributed by atoms with Crippen LogP contribution in [0, 0.1) is 6.42 Å². The molecule has 6 heteroatoms. The van der Waals surface area contributed by atoms with E-state index < -0.39 is 0 Å². The zero-order valence-electron chi connectivity index (χ0n) is 18.1. The maximum absolute atomic E-state index is 12.9. The fourth-order valence-electron chi connectivity index (χ4n) is 4.35. The standard InChI is InChI=1S/C25H29N4OS/c1-3-25(4-2)13-5-6-14-29(25)23-12-10-19(17-27-23)24(30)28-21-16-18(9-11-20(21)26)22-8-7-15-31-22/h5,7-12,15-17H,3-4,6,13-14,26H2,1-2H3,(H,28,30). The molecule has 161 valence electrons. The van der Waals surface area contributed by atoms with Crippen LogP contribution in [0.15, 0.2) is 54.0 Å². The van der Waals surface area contributed by atoms with Crippen molar-refractivity contribution in [3.8, 4) is 10.4 Å². The van der Waals surface area contributed by atoms with Crippen molar-refractivity contribution < 1.29 is 4.79 Å². The number of nitrogens with two attached hydrogens (primary N) is 1. The number of aromatic nitrogens is 1. The number of pyridine rings is 1. The lowest BCUT2D eigenvalue weighted by atomic mass is 9.82. The Bertz CT molecular complexity index is 1030. The first-order chi connectivity index (χ1) is 15.1. The summed E-state index contributed by atoms with van der Waals surface area (Å²) in [4.78, 5) is 21.1. The number of nitrogens with one attached hydrogen (secondary N) is 1. The van der Waals surface area contributed by atoms with Crippen LogP contribution in [-0.2, 0) is 0 Å². The summed E-state index contributed by atoms with van der Waals surface area (Å²) in [6.07, 6.45) is 8.33. The van der Waals surface area contributed by atoms with E-state index >= 15 is 0 Å². The van der Waals surface area contributed by atoms with E-state index in [0.717, 1.165) is 48.5 Å². The average molecular weight is 434 g/mol. The van der Waals surface area contributed by atoms with Gasteiger partial charge in [-0.15, -0.1) is 11.3 Å². The van der Waals surface area contributed by atoms with E-state index in [1.54, 1.807) is 17.5 Å². The summed E-state index contributed by atoms with van der Waals surface area (Å²) in [6.45, 7) is 5.45. The molecule has 3 heterocycles. The molecule has 1 amide bonds. The molecule has 4 rings (SSSR count). The van der Waals surface area contributed by atoms with Gasteiger partial charge in [-0.05, 0) is 73.4 Å². The Hall–Kier alpha value is -2.86. The van der Waals surface area contributed by atoms with Gasteiger partial charge in [0.25, 0.3) is 5.91 Å². The first-order valence-corrected chi connectivity index (χ1v) is 11.7. The molecule has 1 fully saturated rings. The molecule has 1 aliphatic heterocycles.